The first kappa shape index (κ1) is 18.1. The maximum atomic E-state index is 12.5. The molecular weight excluding hydrogens is 326 g/mol. The molecule has 0 atom stereocenters. The van der Waals surface area contributed by atoms with Gasteiger partial charge in [0.15, 0.2) is 0 Å². The molecule has 2 nitrogen and oxygen atoms in total. The third-order valence-electron chi connectivity index (χ3n) is 4.81. The monoisotopic (exact) mass is 353 g/mol. The van der Waals surface area contributed by atoms with E-state index in [1.165, 1.54) is 42.6 Å². The molecule has 1 saturated carbocycles. The van der Waals surface area contributed by atoms with Crippen LogP contribution < -0.4 is 5.32 Å². The molecule has 1 amide bonds. The fourth-order valence-electron chi connectivity index (χ4n) is 3.30. The minimum Gasteiger partial charge on any atom is -0.349 e. The third kappa shape index (κ3) is 5.93. The predicted octanol–water partition coefficient (Wildman–Crippen LogP) is 5.82. The molecule has 1 aliphatic carbocycles. The van der Waals surface area contributed by atoms with Gasteiger partial charge in [-0.15, -0.1) is 11.8 Å². The summed E-state index contributed by atoms with van der Waals surface area (Å²) >= 11 is 1.82. The van der Waals surface area contributed by atoms with Crippen LogP contribution in [0, 0.1) is 0 Å². The first-order valence-corrected chi connectivity index (χ1v) is 10.4. The zero-order chi connectivity index (χ0) is 17.3. The summed E-state index contributed by atoms with van der Waals surface area (Å²) in [5.74, 6) is 1.00. The SMILES string of the molecule is O=C(NC1CCCCCCC1)c1ccc(CSc2ccccc2)cc1. The third-order valence-corrected chi connectivity index (χ3v) is 5.89. The average molecular weight is 354 g/mol. The summed E-state index contributed by atoms with van der Waals surface area (Å²) in [6, 6.07) is 18.8. The van der Waals surface area contributed by atoms with Crippen molar-refractivity contribution in [2.24, 2.45) is 0 Å². The van der Waals surface area contributed by atoms with E-state index in [2.05, 4.69) is 41.7 Å². The highest BCUT2D eigenvalue weighted by molar-refractivity contribution is 7.98. The lowest BCUT2D eigenvalue weighted by Gasteiger charge is -2.21. The smallest absolute Gasteiger partial charge is 0.251 e. The molecule has 0 aliphatic heterocycles. The van der Waals surface area contributed by atoms with Gasteiger partial charge in [0.25, 0.3) is 5.91 Å². The van der Waals surface area contributed by atoms with Gasteiger partial charge in [0.2, 0.25) is 0 Å². The van der Waals surface area contributed by atoms with Crippen molar-refractivity contribution in [3.63, 3.8) is 0 Å². The van der Waals surface area contributed by atoms with Crippen LogP contribution in [0.1, 0.15) is 60.9 Å². The van der Waals surface area contributed by atoms with Crippen LogP contribution in [0.2, 0.25) is 0 Å². The van der Waals surface area contributed by atoms with Crippen molar-refractivity contribution >= 4 is 17.7 Å². The number of nitrogens with one attached hydrogen (secondary N) is 1. The zero-order valence-corrected chi connectivity index (χ0v) is 15.6. The highest BCUT2D eigenvalue weighted by Crippen LogP contribution is 2.22. The highest BCUT2D eigenvalue weighted by atomic mass is 32.2. The van der Waals surface area contributed by atoms with Crippen molar-refractivity contribution in [2.45, 2.75) is 61.6 Å². The zero-order valence-electron chi connectivity index (χ0n) is 14.7. The van der Waals surface area contributed by atoms with Gasteiger partial charge in [0.05, 0.1) is 0 Å². The predicted molar refractivity (Wildman–Crippen MR) is 106 cm³/mol. The van der Waals surface area contributed by atoms with Crippen LogP contribution in [0.5, 0.6) is 0 Å². The van der Waals surface area contributed by atoms with Crippen LogP contribution in [0.25, 0.3) is 0 Å². The molecule has 2 aromatic rings. The molecule has 1 fully saturated rings. The Morgan fingerprint density at radius 1 is 0.880 bits per heavy atom. The van der Waals surface area contributed by atoms with Crippen LogP contribution in [-0.2, 0) is 5.75 Å². The van der Waals surface area contributed by atoms with Crippen LogP contribution in [0.3, 0.4) is 0 Å². The summed E-state index contributed by atoms with van der Waals surface area (Å²) in [5, 5.41) is 3.24. The van der Waals surface area contributed by atoms with Gasteiger partial charge in [-0.25, -0.2) is 0 Å². The quantitative estimate of drug-likeness (QED) is 0.686. The van der Waals surface area contributed by atoms with E-state index in [9.17, 15) is 4.79 Å². The number of hydrogen-bond donors (Lipinski definition) is 1. The molecule has 2 aromatic carbocycles. The van der Waals surface area contributed by atoms with Crippen molar-refractivity contribution in [1.82, 2.24) is 5.32 Å². The summed E-state index contributed by atoms with van der Waals surface area (Å²) < 4.78 is 0. The topological polar surface area (TPSA) is 29.1 Å². The van der Waals surface area contributed by atoms with E-state index in [0.29, 0.717) is 6.04 Å². The number of thioether (sulfide) groups is 1. The lowest BCUT2D eigenvalue weighted by Crippen LogP contribution is -2.35. The van der Waals surface area contributed by atoms with Crippen LogP contribution in [0.4, 0.5) is 0 Å². The van der Waals surface area contributed by atoms with E-state index in [1.807, 2.05) is 30.0 Å². The van der Waals surface area contributed by atoms with Gasteiger partial charge in [-0.3, -0.25) is 4.79 Å². The molecule has 0 saturated heterocycles. The van der Waals surface area contributed by atoms with Gasteiger partial charge >= 0.3 is 0 Å². The van der Waals surface area contributed by atoms with Gasteiger partial charge in [-0.2, -0.15) is 0 Å². The first-order valence-electron chi connectivity index (χ1n) is 9.39. The molecule has 0 radical (unpaired) electrons. The van der Waals surface area contributed by atoms with Crippen LogP contribution in [-0.4, -0.2) is 11.9 Å². The van der Waals surface area contributed by atoms with E-state index in [0.717, 1.165) is 24.2 Å². The molecule has 1 aliphatic rings. The maximum absolute atomic E-state index is 12.5. The molecule has 0 bridgehead atoms. The number of hydrogen-bond acceptors (Lipinski definition) is 2. The molecule has 3 rings (SSSR count). The lowest BCUT2D eigenvalue weighted by molar-refractivity contribution is 0.0930. The number of benzene rings is 2. The Labute approximate surface area is 155 Å². The summed E-state index contributed by atoms with van der Waals surface area (Å²) in [7, 11) is 0. The van der Waals surface area contributed by atoms with Crippen LogP contribution in [0.15, 0.2) is 59.5 Å². The number of carbonyl (C=O) groups excluding carboxylic acids is 1. The second-order valence-corrected chi connectivity index (χ2v) is 7.86. The largest absolute Gasteiger partial charge is 0.349 e. The second-order valence-electron chi connectivity index (χ2n) is 6.81. The van der Waals surface area contributed by atoms with Gasteiger partial charge in [-0.05, 0) is 42.7 Å². The molecule has 0 spiro atoms. The second kappa shape index (κ2) is 9.67. The van der Waals surface area contributed by atoms with Gasteiger partial charge in [0.1, 0.15) is 0 Å². The Morgan fingerprint density at radius 3 is 2.20 bits per heavy atom. The fraction of sp³-hybridized carbons (Fsp3) is 0.409. The summed E-state index contributed by atoms with van der Waals surface area (Å²) in [6.07, 6.45) is 8.68. The van der Waals surface area contributed by atoms with Crippen LogP contribution >= 0.6 is 11.8 Å². The van der Waals surface area contributed by atoms with Crippen molar-refractivity contribution in [2.75, 3.05) is 0 Å². The van der Waals surface area contributed by atoms with Crippen molar-refractivity contribution in [1.29, 1.82) is 0 Å². The fourth-order valence-corrected chi connectivity index (χ4v) is 4.18. The average Bonchev–Trinajstić information content (AvgIpc) is 2.63. The molecule has 132 valence electrons. The Morgan fingerprint density at radius 2 is 1.52 bits per heavy atom. The molecule has 25 heavy (non-hydrogen) atoms. The van der Waals surface area contributed by atoms with E-state index in [4.69, 9.17) is 0 Å². The van der Waals surface area contributed by atoms with Crippen molar-refractivity contribution in [3.05, 3.63) is 65.7 Å². The van der Waals surface area contributed by atoms with E-state index < -0.39 is 0 Å². The molecule has 0 heterocycles. The standard InChI is InChI=1S/C22H27NOS/c24-22(23-20-9-5-2-1-3-6-10-20)19-15-13-18(14-16-19)17-25-21-11-7-4-8-12-21/h4,7-8,11-16,20H,1-3,5-6,9-10,17H2,(H,23,24). The first-order chi connectivity index (χ1) is 12.3. The lowest BCUT2D eigenvalue weighted by atomic mass is 9.96. The van der Waals surface area contributed by atoms with Crippen molar-refractivity contribution < 1.29 is 4.79 Å². The number of rotatable bonds is 5. The van der Waals surface area contributed by atoms with Gasteiger partial charge in [0, 0.05) is 22.3 Å². The Kier molecular flexibility index (Phi) is 6.99. The van der Waals surface area contributed by atoms with Gasteiger partial charge < -0.3 is 5.32 Å². The van der Waals surface area contributed by atoms with Crippen molar-refractivity contribution in [3.8, 4) is 0 Å². The van der Waals surface area contributed by atoms with E-state index >= 15 is 0 Å². The molecule has 3 heteroatoms. The maximum Gasteiger partial charge on any atom is 0.251 e. The number of carbonyl (C=O) groups is 1. The van der Waals surface area contributed by atoms with E-state index in [1.54, 1.807) is 0 Å². The Balaban J connectivity index is 1.51. The van der Waals surface area contributed by atoms with Gasteiger partial charge in [-0.1, -0.05) is 62.4 Å². The van der Waals surface area contributed by atoms with E-state index in [-0.39, 0.29) is 5.91 Å². The molecular formula is C22H27NOS. The normalized spacial score (nSPS) is 16.0. The minimum absolute atomic E-state index is 0.0767. The summed E-state index contributed by atoms with van der Waals surface area (Å²) in [5.41, 5.74) is 2.02. The molecule has 0 unspecified atom stereocenters. The Bertz CT molecular complexity index is 645. The highest BCUT2D eigenvalue weighted by Gasteiger charge is 2.15. The molecule has 1 N–H and O–H groups in total. The summed E-state index contributed by atoms with van der Waals surface area (Å²) in [4.78, 5) is 13.8. The minimum atomic E-state index is 0.0767. The Hall–Kier alpha value is -1.74. The number of amides is 1. The molecule has 0 aromatic heterocycles. The summed E-state index contributed by atoms with van der Waals surface area (Å²) in [6.45, 7) is 0.